The molecule has 11 amide bonds. The van der Waals surface area contributed by atoms with Gasteiger partial charge in [0.1, 0.15) is 66.5 Å². The van der Waals surface area contributed by atoms with Crippen molar-refractivity contribution in [2.75, 3.05) is 49.3 Å². The van der Waals surface area contributed by atoms with Crippen LogP contribution in [0, 0.1) is 41.4 Å². The van der Waals surface area contributed by atoms with Gasteiger partial charge in [-0.3, -0.25) is 52.7 Å². The molecule has 0 bridgehead atoms. The van der Waals surface area contributed by atoms with E-state index in [-0.39, 0.29) is 62.2 Å². The van der Waals surface area contributed by atoms with E-state index in [0.717, 1.165) is 4.90 Å². The molecule has 13 atom stereocenters. The summed E-state index contributed by atoms with van der Waals surface area (Å²) in [6.45, 7) is 30.2. The zero-order valence-corrected chi connectivity index (χ0v) is 60.7. The highest BCUT2D eigenvalue weighted by molar-refractivity contribution is 6.00. The van der Waals surface area contributed by atoms with Crippen molar-refractivity contribution in [1.82, 2.24) is 55.6 Å². The topological polar surface area (TPSA) is 279 Å². The van der Waals surface area contributed by atoms with Crippen LogP contribution in [-0.2, 0) is 59.2 Å². The highest BCUT2D eigenvalue weighted by atomic mass is 16.3. The Labute approximate surface area is 556 Å². The van der Waals surface area contributed by atoms with E-state index in [4.69, 9.17) is 0 Å². The van der Waals surface area contributed by atoms with Crippen LogP contribution in [0.1, 0.15) is 168 Å². The maximum Gasteiger partial charge on any atom is 0.246 e. The Hall–Kier alpha value is -6.91. The molecule has 1 saturated heterocycles. The second kappa shape index (κ2) is 37.8. The summed E-state index contributed by atoms with van der Waals surface area (Å²) in [5, 5.41) is 23.5. The largest absolute Gasteiger partial charge is 0.390 e. The van der Waals surface area contributed by atoms with Gasteiger partial charge in [-0.1, -0.05) is 146 Å². The van der Waals surface area contributed by atoms with Gasteiger partial charge >= 0.3 is 0 Å². The average molecular weight is 1310 g/mol. The standard InChI is InChI=1S/C70H119N11O12/c1-25-27-29-32-46(15)59(82)58-63(86)73-50(26-2)65(88)78(21)55(39-49-33-30-28-31-34-49)67(90)75(18)52(36-41(5)6)62(85)74-56(44(11)12)69(92)76(19)51(35-40(3)4)61(84)71-47(16)60(83)72-48(17)64(87)77(20)53(37-42(7)8)66(89)79(22)54(38-43(9)10)68(91)80(23)57(45(13)14)70(93)81(58)24/h27-31,33-34,40-48,50-59,82H,25-26,32,35-39H2,1-24H3,(H,71,84)(H,72,83)(H,73,86)(H,74,85)/b29-27+/t46-,47?,48-,50?,51-,52-,53+,54+,55+,56-,57+,58?,59-/m1/s1. The maximum atomic E-state index is 15.4. The van der Waals surface area contributed by atoms with Crippen LogP contribution in [0.3, 0.4) is 0 Å². The van der Waals surface area contributed by atoms with Crippen LogP contribution in [0.5, 0.6) is 0 Å². The minimum atomic E-state index is -1.64. The summed E-state index contributed by atoms with van der Waals surface area (Å²) < 4.78 is 0. The molecule has 526 valence electrons. The summed E-state index contributed by atoms with van der Waals surface area (Å²) in [6.07, 6.45) is 3.80. The van der Waals surface area contributed by atoms with Crippen LogP contribution < -0.4 is 21.3 Å². The van der Waals surface area contributed by atoms with Gasteiger partial charge in [0.05, 0.1) is 6.10 Å². The predicted molar refractivity (Wildman–Crippen MR) is 362 cm³/mol. The first-order chi connectivity index (χ1) is 43.2. The predicted octanol–water partition coefficient (Wildman–Crippen LogP) is 5.27. The number of aliphatic hydroxyl groups is 1. The van der Waals surface area contributed by atoms with Gasteiger partial charge in [-0.15, -0.1) is 0 Å². The molecule has 1 heterocycles. The highest BCUT2D eigenvalue weighted by Gasteiger charge is 2.46. The van der Waals surface area contributed by atoms with E-state index >= 15 is 28.8 Å². The monoisotopic (exact) mass is 1310 g/mol. The SMILES string of the molecule is CC/C=C/C[C@@H](C)[C@@H](O)C1C(=O)NC(CC)C(=O)N(C)[C@@H](Cc2ccccc2)C(=O)N(C)[C@H](CC(C)C)C(=O)N[C@H](C(C)C)C(=O)N(C)[C@H](CC(C)C)C(=O)NC(C)C(=O)N[C@H](C)C(=O)N(C)[C@@H](CC(C)C)C(=O)N(C)[C@@H](CC(C)C)C(=O)N(C)[C@@H](C(C)C)C(=O)N1C. The zero-order chi connectivity index (χ0) is 71.4. The molecule has 1 fully saturated rings. The third-order valence-corrected chi connectivity index (χ3v) is 17.8. The van der Waals surface area contributed by atoms with E-state index in [1.165, 1.54) is 92.6 Å². The molecule has 0 aliphatic carbocycles. The number of hydrogen-bond acceptors (Lipinski definition) is 12. The number of carbonyl (C=O) groups excluding carboxylic acids is 11. The van der Waals surface area contributed by atoms with E-state index in [2.05, 4.69) is 21.3 Å². The lowest BCUT2D eigenvalue weighted by atomic mass is 9.91. The van der Waals surface area contributed by atoms with Gasteiger partial charge in [0, 0.05) is 55.8 Å². The van der Waals surface area contributed by atoms with Crippen molar-refractivity contribution in [3.63, 3.8) is 0 Å². The zero-order valence-electron chi connectivity index (χ0n) is 60.7. The quantitative estimate of drug-likeness (QED) is 0.118. The Balaban J connectivity index is 3.13. The Kier molecular flexibility index (Phi) is 33.4. The smallest absolute Gasteiger partial charge is 0.246 e. The fraction of sp³-hybridized carbons (Fsp3) is 0.729. The molecular weight excluding hydrogens is 1190 g/mol. The number of amides is 11. The van der Waals surface area contributed by atoms with E-state index < -0.39 is 155 Å². The Morgan fingerprint density at radius 2 is 0.828 bits per heavy atom. The van der Waals surface area contributed by atoms with E-state index in [9.17, 15) is 29.1 Å². The number of allylic oxidation sites excluding steroid dienone is 2. The first kappa shape index (κ1) is 82.2. The summed E-state index contributed by atoms with van der Waals surface area (Å²) in [7, 11) is 10.1. The molecule has 23 heteroatoms. The van der Waals surface area contributed by atoms with Gasteiger partial charge in [-0.05, 0) is 106 Å². The Morgan fingerprint density at radius 1 is 0.419 bits per heavy atom. The van der Waals surface area contributed by atoms with Crippen molar-refractivity contribution in [1.29, 1.82) is 0 Å². The number of aliphatic hydroxyl groups excluding tert-OH is 1. The van der Waals surface area contributed by atoms with Gasteiger partial charge in [0.15, 0.2) is 0 Å². The van der Waals surface area contributed by atoms with Crippen molar-refractivity contribution in [2.24, 2.45) is 41.4 Å². The molecule has 5 N–H and O–H groups in total. The summed E-state index contributed by atoms with van der Waals surface area (Å²) in [6, 6.07) is -4.91. The molecule has 23 nitrogen and oxygen atoms in total. The van der Waals surface area contributed by atoms with E-state index in [1.807, 2.05) is 74.5 Å². The highest BCUT2D eigenvalue weighted by Crippen LogP contribution is 2.26. The number of nitrogens with one attached hydrogen (secondary N) is 4. The molecule has 2 rings (SSSR count). The fourth-order valence-electron chi connectivity index (χ4n) is 12.0. The first-order valence-corrected chi connectivity index (χ1v) is 33.6. The van der Waals surface area contributed by atoms with Crippen LogP contribution in [0.4, 0.5) is 0 Å². The fourth-order valence-corrected chi connectivity index (χ4v) is 12.0. The van der Waals surface area contributed by atoms with Crippen molar-refractivity contribution in [3.05, 3.63) is 48.0 Å². The number of hydrogen-bond donors (Lipinski definition) is 5. The third kappa shape index (κ3) is 22.9. The molecular formula is C70H119N11O12. The second-order valence-electron chi connectivity index (χ2n) is 28.3. The Bertz CT molecular complexity index is 2700. The second-order valence-corrected chi connectivity index (χ2v) is 28.3. The van der Waals surface area contributed by atoms with Crippen molar-refractivity contribution in [2.45, 2.75) is 242 Å². The van der Waals surface area contributed by atoms with Crippen LogP contribution in [-0.4, -0.2) is 226 Å². The van der Waals surface area contributed by atoms with Gasteiger partial charge < -0.3 is 60.7 Å². The van der Waals surface area contributed by atoms with Gasteiger partial charge in [0.25, 0.3) is 0 Å². The molecule has 0 aromatic heterocycles. The average Bonchev–Trinajstić information content (AvgIpc) is 0.833. The lowest BCUT2D eigenvalue weighted by Crippen LogP contribution is -2.64. The van der Waals surface area contributed by atoms with Crippen molar-refractivity contribution < 1.29 is 57.8 Å². The minimum Gasteiger partial charge on any atom is -0.390 e. The van der Waals surface area contributed by atoms with Gasteiger partial charge in [-0.2, -0.15) is 0 Å². The number of nitrogens with zero attached hydrogens (tertiary/aromatic N) is 7. The molecule has 0 saturated carbocycles. The summed E-state index contributed by atoms with van der Waals surface area (Å²) in [5.41, 5.74) is 0.673. The summed E-state index contributed by atoms with van der Waals surface area (Å²) in [4.78, 5) is 173. The van der Waals surface area contributed by atoms with Crippen LogP contribution in [0.25, 0.3) is 0 Å². The lowest BCUT2D eigenvalue weighted by molar-refractivity contribution is -0.157. The van der Waals surface area contributed by atoms with Gasteiger partial charge in [0.2, 0.25) is 65.0 Å². The summed E-state index contributed by atoms with van der Waals surface area (Å²) in [5.74, 6) is -9.89. The Morgan fingerprint density at radius 3 is 1.29 bits per heavy atom. The number of benzene rings is 1. The molecule has 1 aromatic carbocycles. The van der Waals surface area contributed by atoms with Crippen LogP contribution in [0.2, 0.25) is 0 Å². The number of likely N-dealkylation sites (N-methyl/N-ethyl adjacent to an activating group) is 7. The minimum absolute atomic E-state index is 0.00617. The van der Waals surface area contributed by atoms with E-state index in [0.29, 0.717) is 18.4 Å². The molecule has 1 aliphatic heterocycles. The molecule has 1 aliphatic rings. The van der Waals surface area contributed by atoms with Crippen LogP contribution >= 0.6 is 0 Å². The molecule has 0 spiro atoms. The van der Waals surface area contributed by atoms with Crippen molar-refractivity contribution in [3.8, 4) is 0 Å². The number of rotatable bonds is 18. The maximum absolute atomic E-state index is 15.4. The molecule has 93 heavy (non-hydrogen) atoms. The first-order valence-electron chi connectivity index (χ1n) is 33.6. The normalized spacial score (nSPS) is 26.4. The molecule has 3 unspecified atom stereocenters. The van der Waals surface area contributed by atoms with Crippen LogP contribution in [0.15, 0.2) is 42.5 Å². The molecule has 1 aromatic rings. The summed E-state index contributed by atoms with van der Waals surface area (Å²) >= 11 is 0. The molecule has 0 radical (unpaired) electrons. The third-order valence-electron chi connectivity index (χ3n) is 17.8. The van der Waals surface area contributed by atoms with E-state index in [1.54, 1.807) is 71.9 Å². The van der Waals surface area contributed by atoms with Crippen molar-refractivity contribution >= 4 is 65.0 Å². The number of carbonyl (C=O) groups is 11. The van der Waals surface area contributed by atoms with Gasteiger partial charge in [-0.25, -0.2) is 0 Å². The lowest BCUT2D eigenvalue weighted by Gasteiger charge is -2.41.